The van der Waals surface area contributed by atoms with Crippen LogP contribution in [0.2, 0.25) is 5.02 Å². The van der Waals surface area contributed by atoms with Gasteiger partial charge in [-0.2, -0.15) is 0 Å². The number of halogens is 1. The zero-order valence-electron chi connectivity index (χ0n) is 18.6. The Morgan fingerprint density at radius 3 is 2.68 bits per heavy atom. The first-order chi connectivity index (χ1) is 14.6. The Morgan fingerprint density at radius 1 is 1.26 bits per heavy atom. The lowest BCUT2D eigenvalue weighted by molar-refractivity contribution is -0.127. The van der Waals surface area contributed by atoms with Crippen LogP contribution in [-0.2, 0) is 4.79 Å². The lowest BCUT2D eigenvalue weighted by Crippen LogP contribution is -2.42. The monoisotopic (exact) mass is 444 g/mol. The fraction of sp³-hybridized carbons (Fsp3) is 0.417. The highest BCUT2D eigenvalue weighted by molar-refractivity contribution is 6.31. The zero-order chi connectivity index (χ0) is 22.8. The van der Waals surface area contributed by atoms with Gasteiger partial charge in [-0.25, -0.2) is 0 Å². The summed E-state index contributed by atoms with van der Waals surface area (Å²) in [6.45, 7) is 8.90. The molecule has 1 heterocycles. The van der Waals surface area contributed by atoms with E-state index in [0.717, 1.165) is 6.42 Å². The molecule has 0 radical (unpaired) electrons. The molecule has 166 valence electrons. The summed E-state index contributed by atoms with van der Waals surface area (Å²) >= 11 is 6.06. The van der Waals surface area contributed by atoms with Crippen LogP contribution >= 0.6 is 11.6 Å². The number of nitrogens with zero attached hydrogens (tertiary/aromatic N) is 1. The Labute approximate surface area is 188 Å². The maximum Gasteiger partial charge on any atom is 0.259 e. The molecule has 0 atom stereocenters. The van der Waals surface area contributed by atoms with E-state index in [4.69, 9.17) is 21.1 Å². The van der Waals surface area contributed by atoms with Crippen molar-refractivity contribution in [1.82, 2.24) is 0 Å². The molecule has 1 aliphatic heterocycles. The molecule has 0 aromatic heterocycles. The van der Waals surface area contributed by atoms with Gasteiger partial charge in [-0.15, -0.1) is 0 Å². The first-order valence-electron chi connectivity index (χ1n) is 10.4. The van der Waals surface area contributed by atoms with E-state index in [9.17, 15) is 9.59 Å². The maximum atomic E-state index is 13.2. The number of methoxy groups -OCH3 is 1. The smallest absolute Gasteiger partial charge is 0.259 e. The van der Waals surface area contributed by atoms with Crippen LogP contribution in [0.3, 0.4) is 0 Å². The molecular formula is C24H29ClN2O4. The normalized spacial score (nSPS) is 15.2. The predicted molar refractivity (Wildman–Crippen MR) is 123 cm³/mol. The van der Waals surface area contributed by atoms with Crippen LogP contribution in [0.15, 0.2) is 36.4 Å². The van der Waals surface area contributed by atoms with Gasteiger partial charge < -0.3 is 19.7 Å². The first-order valence-corrected chi connectivity index (χ1v) is 10.7. The largest absolute Gasteiger partial charge is 0.496 e. The van der Waals surface area contributed by atoms with E-state index in [1.165, 1.54) is 7.11 Å². The molecule has 2 aromatic carbocycles. The Morgan fingerprint density at radius 2 is 2.00 bits per heavy atom. The molecule has 2 aromatic rings. The average Bonchev–Trinajstić information content (AvgIpc) is 2.81. The molecular weight excluding hydrogens is 416 g/mol. The van der Waals surface area contributed by atoms with Crippen LogP contribution in [0.25, 0.3) is 0 Å². The SMILES string of the molecule is COc1ccc(Cl)cc1C(=O)Nc1ccc2c(c1)N(CCC(C)C)C(=O)C(C)(C)CO2. The van der Waals surface area contributed by atoms with Crippen molar-refractivity contribution in [3.8, 4) is 11.5 Å². The molecule has 0 saturated heterocycles. The minimum atomic E-state index is -0.645. The van der Waals surface area contributed by atoms with Crippen LogP contribution < -0.4 is 19.7 Å². The Balaban J connectivity index is 1.94. The van der Waals surface area contributed by atoms with Crippen LogP contribution in [0.4, 0.5) is 11.4 Å². The van der Waals surface area contributed by atoms with E-state index in [-0.39, 0.29) is 11.8 Å². The number of hydrogen-bond acceptors (Lipinski definition) is 4. The van der Waals surface area contributed by atoms with Gasteiger partial charge in [0.05, 0.1) is 23.8 Å². The molecule has 0 fully saturated rings. The average molecular weight is 445 g/mol. The van der Waals surface area contributed by atoms with Gasteiger partial charge in [0, 0.05) is 17.3 Å². The number of nitrogens with one attached hydrogen (secondary N) is 1. The number of anilines is 2. The molecule has 3 rings (SSSR count). The summed E-state index contributed by atoms with van der Waals surface area (Å²) in [6.07, 6.45) is 0.859. The number of fused-ring (bicyclic) bond motifs is 1. The zero-order valence-corrected chi connectivity index (χ0v) is 19.4. The van der Waals surface area contributed by atoms with Crippen LogP contribution in [0.1, 0.15) is 44.5 Å². The summed E-state index contributed by atoms with van der Waals surface area (Å²) in [5.74, 6) is 1.15. The number of amides is 2. The minimum absolute atomic E-state index is 0.00638. The molecule has 6 nitrogen and oxygen atoms in total. The van der Waals surface area contributed by atoms with Gasteiger partial charge in [0.1, 0.15) is 18.1 Å². The van der Waals surface area contributed by atoms with Crippen LogP contribution in [-0.4, -0.2) is 32.1 Å². The Hall–Kier alpha value is -2.73. The third-order valence-corrected chi connectivity index (χ3v) is 5.49. The Bertz CT molecular complexity index is 988. The highest BCUT2D eigenvalue weighted by Gasteiger charge is 2.37. The van der Waals surface area contributed by atoms with Gasteiger partial charge >= 0.3 is 0 Å². The van der Waals surface area contributed by atoms with E-state index >= 15 is 0 Å². The molecule has 1 aliphatic rings. The van der Waals surface area contributed by atoms with Gasteiger partial charge in [-0.05, 0) is 62.6 Å². The summed E-state index contributed by atoms with van der Waals surface area (Å²) in [5.41, 5.74) is 0.895. The van der Waals surface area contributed by atoms with E-state index in [1.807, 2.05) is 13.8 Å². The standard InChI is InChI=1S/C24H29ClN2O4/c1-15(2)10-11-27-19-13-17(7-9-21(19)31-14-24(3,4)23(27)29)26-22(28)18-12-16(25)6-8-20(18)30-5/h6-9,12-13,15H,10-11,14H2,1-5H3,(H,26,28). The number of benzene rings is 2. The second-order valence-corrected chi connectivity index (χ2v) is 9.23. The fourth-order valence-electron chi connectivity index (χ4n) is 3.39. The number of hydrogen-bond donors (Lipinski definition) is 1. The van der Waals surface area contributed by atoms with Crippen molar-refractivity contribution in [2.75, 3.05) is 30.5 Å². The molecule has 0 bridgehead atoms. The number of ether oxygens (including phenoxy) is 2. The van der Waals surface area contributed by atoms with Crippen molar-refractivity contribution in [1.29, 1.82) is 0 Å². The van der Waals surface area contributed by atoms with E-state index in [0.29, 0.717) is 52.5 Å². The van der Waals surface area contributed by atoms with Gasteiger partial charge in [0.15, 0.2) is 0 Å². The fourth-order valence-corrected chi connectivity index (χ4v) is 3.56. The summed E-state index contributed by atoms with van der Waals surface area (Å²) in [4.78, 5) is 27.9. The van der Waals surface area contributed by atoms with E-state index in [2.05, 4.69) is 19.2 Å². The molecule has 0 unspecified atom stereocenters. The van der Waals surface area contributed by atoms with Gasteiger partial charge in [0.2, 0.25) is 5.91 Å². The van der Waals surface area contributed by atoms with Crippen molar-refractivity contribution < 1.29 is 19.1 Å². The van der Waals surface area contributed by atoms with Crippen molar-refractivity contribution in [2.24, 2.45) is 11.3 Å². The van der Waals surface area contributed by atoms with Crippen molar-refractivity contribution >= 4 is 34.8 Å². The second kappa shape index (κ2) is 9.18. The third kappa shape index (κ3) is 5.13. The van der Waals surface area contributed by atoms with Gasteiger partial charge in [-0.3, -0.25) is 9.59 Å². The minimum Gasteiger partial charge on any atom is -0.496 e. The van der Waals surface area contributed by atoms with Crippen LogP contribution in [0.5, 0.6) is 11.5 Å². The van der Waals surface area contributed by atoms with E-state index < -0.39 is 5.41 Å². The van der Waals surface area contributed by atoms with Crippen molar-refractivity contribution in [2.45, 2.75) is 34.1 Å². The summed E-state index contributed by atoms with van der Waals surface area (Å²) in [7, 11) is 1.50. The first kappa shape index (κ1) is 22.9. The highest BCUT2D eigenvalue weighted by atomic mass is 35.5. The topological polar surface area (TPSA) is 67.9 Å². The highest BCUT2D eigenvalue weighted by Crippen LogP contribution is 2.38. The van der Waals surface area contributed by atoms with Crippen molar-refractivity contribution in [3.63, 3.8) is 0 Å². The quantitative estimate of drug-likeness (QED) is 0.647. The van der Waals surface area contributed by atoms with Crippen LogP contribution in [0, 0.1) is 11.3 Å². The molecule has 0 aliphatic carbocycles. The summed E-state index contributed by atoms with van der Waals surface area (Å²) < 4.78 is 11.2. The second-order valence-electron chi connectivity index (χ2n) is 8.79. The molecule has 31 heavy (non-hydrogen) atoms. The lowest BCUT2D eigenvalue weighted by Gasteiger charge is -2.28. The molecule has 0 spiro atoms. The number of carbonyl (C=O) groups is 2. The van der Waals surface area contributed by atoms with Gasteiger partial charge in [0.25, 0.3) is 5.91 Å². The predicted octanol–water partition coefficient (Wildman–Crippen LogP) is 5.40. The number of rotatable bonds is 6. The molecule has 2 amide bonds. The summed E-state index contributed by atoms with van der Waals surface area (Å²) in [6, 6.07) is 10.2. The maximum absolute atomic E-state index is 13.2. The van der Waals surface area contributed by atoms with Gasteiger partial charge in [-0.1, -0.05) is 25.4 Å². The lowest BCUT2D eigenvalue weighted by atomic mass is 9.92. The van der Waals surface area contributed by atoms with E-state index in [1.54, 1.807) is 41.3 Å². The third-order valence-electron chi connectivity index (χ3n) is 5.26. The molecule has 1 N–H and O–H groups in total. The molecule has 0 saturated carbocycles. The Kier molecular flexibility index (Phi) is 6.80. The van der Waals surface area contributed by atoms with Crippen molar-refractivity contribution in [3.05, 3.63) is 47.0 Å². The number of carbonyl (C=O) groups excluding carboxylic acids is 2. The summed E-state index contributed by atoms with van der Waals surface area (Å²) in [5, 5.41) is 3.32. The molecule has 7 heteroatoms.